The molecule has 1 aromatic rings. The normalized spacial score (nSPS) is 22.0. The predicted octanol–water partition coefficient (Wildman–Crippen LogP) is 4.35. The highest BCUT2D eigenvalue weighted by Crippen LogP contribution is 2.24. The maximum Gasteiger partial charge on any atom is 0.410 e. The number of ether oxygens (including phenoxy) is 2. The minimum Gasteiger partial charge on any atom is -0.444 e. The van der Waals surface area contributed by atoms with E-state index in [2.05, 4.69) is 31.9 Å². The van der Waals surface area contributed by atoms with Crippen LogP contribution in [0, 0.1) is 0 Å². The quantitative estimate of drug-likeness (QED) is 0.663. The number of hydrogen-bond acceptors (Lipinski definition) is 3. The summed E-state index contributed by atoms with van der Waals surface area (Å²) < 4.78 is 12.4. The Morgan fingerprint density at radius 2 is 2.09 bits per heavy atom. The summed E-state index contributed by atoms with van der Waals surface area (Å²) >= 11 is 7.05. The van der Waals surface area contributed by atoms with Gasteiger partial charge in [-0.2, -0.15) is 0 Å². The first kappa shape index (κ1) is 17.8. The highest BCUT2D eigenvalue weighted by molar-refractivity contribution is 9.10. The zero-order valence-electron chi connectivity index (χ0n) is 13.0. The van der Waals surface area contributed by atoms with Crippen molar-refractivity contribution < 1.29 is 14.3 Å². The van der Waals surface area contributed by atoms with E-state index in [9.17, 15) is 4.79 Å². The van der Waals surface area contributed by atoms with Gasteiger partial charge in [-0.3, -0.25) is 0 Å². The number of amides is 1. The Kier molecular flexibility index (Phi) is 5.91. The highest BCUT2D eigenvalue weighted by Gasteiger charge is 2.36. The van der Waals surface area contributed by atoms with E-state index in [1.807, 2.05) is 45.0 Å². The molecule has 22 heavy (non-hydrogen) atoms. The molecular weight excluding hydrogens is 414 g/mol. The second kappa shape index (κ2) is 7.32. The van der Waals surface area contributed by atoms with Crippen LogP contribution in [-0.4, -0.2) is 40.6 Å². The van der Waals surface area contributed by atoms with Crippen LogP contribution in [0.1, 0.15) is 26.3 Å². The molecule has 0 spiro atoms. The molecule has 6 heteroatoms. The van der Waals surface area contributed by atoms with Gasteiger partial charge in [0, 0.05) is 11.0 Å². The number of hydrogen-bond donors (Lipinski definition) is 0. The molecule has 0 aliphatic carbocycles. The van der Waals surface area contributed by atoms with E-state index in [1.54, 1.807) is 4.90 Å². The van der Waals surface area contributed by atoms with Gasteiger partial charge in [-0.1, -0.05) is 44.0 Å². The largest absolute Gasteiger partial charge is 0.444 e. The van der Waals surface area contributed by atoms with Gasteiger partial charge >= 0.3 is 6.09 Å². The topological polar surface area (TPSA) is 38.8 Å². The van der Waals surface area contributed by atoms with Crippen molar-refractivity contribution in [3.05, 3.63) is 34.3 Å². The van der Waals surface area contributed by atoms with Crippen LogP contribution < -0.4 is 0 Å². The van der Waals surface area contributed by atoms with Crippen molar-refractivity contribution in [2.75, 3.05) is 13.1 Å². The van der Waals surface area contributed by atoms with Crippen molar-refractivity contribution in [3.8, 4) is 0 Å². The molecule has 1 saturated heterocycles. The molecule has 2 unspecified atom stereocenters. The van der Waals surface area contributed by atoms with Crippen molar-refractivity contribution in [2.24, 2.45) is 0 Å². The minimum absolute atomic E-state index is 0.0356. The lowest BCUT2D eigenvalue weighted by molar-refractivity contribution is 0.0188. The van der Waals surface area contributed by atoms with Crippen molar-refractivity contribution >= 4 is 38.0 Å². The summed E-state index contributed by atoms with van der Waals surface area (Å²) in [5.41, 5.74) is 0.624. The second-order valence-electron chi connectivity index (χ2n) is 6.38. The molecule has 0 bridgehead atoms. The van der Waals surface area contributed by atoms with E-state index in [1.165, 1.54) is 0 Å². The van der Waals surface area contributed by atoms with Crippen LogP contribution in [0.3, 0.4) is 0 Å². The fourth-order valence-electron chi connectivity index (χ4n) is 2.20. The van der Waals surface area contributed by atoms with E-state index in [-0.39, 0.29) is 17.0 Å². The SMILES string of the molecule is CC(C)(C)OC(=O)N1CC(Br)C(OCc2cccc(Br)c2)C1. The molecule has 2 rings (SSSR count). The van der Waals surface area contributed by atoms with Crippen molar-refractivity contribution in [1.82, 2.24) is 4.90 Å². The van der Waals surface area contributed by atoms with Crippen LogP contribution in [0.5, 0.6) is 0 Å². The molecule has 0 N–H and O–H groups in total. The van der Waals surface area contributed by atoms with Gasteiger partial charge in [-0.25, -0.2) is 4.79 Å². The fraction of sp³-hybridized carbons (Fsp3) is 0.562. The van der Waals surface area contributed by atoms with Crippen molar-refractivity contribution in [3.63, 3.8) is 0 Å². The van der Waals surface area contributed by atoms with E-state index in [0.717, 1.165) is 10.0 Å². The Bertz CT molecular complexity index is 530. The fourth-order valence-corrected chi connectivity index (χ4v) is 3.31. The summed E-state index contributed by atoms with van der Waals surface area (Å²) in [6.07, 6.45) is -0.322. The molecule has 0 aromatic heterocycles. The average molecular weight is 435 g/mol. The van der Waals surface area contributed by atoms with Gasteiger partial charge in [0.15, 0.2) is 0 Å². The van der Waals surface area contributed by atoms with Gasteiger partial charge in [0.2, 0.25) is 0 Å². The zero-order valence-corrected chi connectivity index (χ0v) is 16.2. The van der Waals surface area contributed by atoms with E-state index < -0.39 is 5.60 Å². The number of rotatable bonds is 3. The molecular formula is C16H21Br2NO3. The second-order valence-corrected chi connectivity index (χ2v) is 8.47. The van der Waals surface area contributed by atoms with Crippen molar-refractivity contribution in [2.45, 2.75) is 43.9 Å². The molecule has 122 valence electrons. The number of halogens is 2. The Morgan fingerprint density at radius 1 is 1.36 bits per heavy atom. The highest BCUT2D eigenvalue weighted by atomic mass is 79.9. The molecule has 0 saturated carbocycles. The van der Waals surface area contributed by atoms with Crippen LogP contribution >= 0.6 is 31.9 Å². The smallest absolute Gasteiger partial charge is 0.410 e. The molecule has 1 aliphatic rings. The minimum atomic E-state index is -0.478. The lowest BCUT2D eigenvalue weighted by atomic mass is 10.2. The van der Waals surface area contributed by atoms with Crippen LogP contribution in [0.2, 0.25) is 0 Å². The third kappa shape index (κ3) is 5.25. The van der Waals surface area contributed by atoms with E-state index in [0.29, 0.717) is 19.7 Å². The van der Waals surface area contributed by atoms with Crippen LogP contribution in [0.4, 0.5) is 4.79 Å². The standard InChI is InChI=1S/C16H21Br2NO3/c1-16(2,3)22-15(20)19-8-13(18)14(9-19)21-10-11-5-4-6-12(17)7-11/h4-7,13-14H,8-10H2,1-3H3. The van der Waals surface area contributed by atoms with Gasteiger partial charge in [0.25, 0.3) is 0 Å². The Morgan fingerprint density at radius 3 is 2.73 bits per heavy atom. The first-order valence-corrected chi connectivity index (χ1v) is 8.93. The molecule has 1 aliphatic heterocycles. The molecule has 2 atom stereocenters. The van der Waals surface area contributed by atoms with Gasteiger partial charge in [0.1, 0.15) is 5.60 Å². The lowest BCUT2D eigenvalue weighted by Crippen LogP contribution is -2.36. The number of alkyl halides is 1. The number of nitrogens with zero attached hydrogens (tertiary/aromatic N) is 1. The number of carbonyl (C=O) groups is 1. The summed E-state index contributed by atoms with van der Waals surface area (Å²) in [5.74, 6) is 0. The van der Waals surface area contributed by atoms with Crippen LogP contribution in [0.15, 0.2) is 28.7 Å². The van der Waals surface area contributed by atoms with Crippen LogP contribution in [-0.2, 0) is 16.1 Å². The first-order chi connectivity index (χ1) is 10.2. The maximum absolute atomic E-state index is 12.1. The zero-order chi connectivity index (χ0) is 16.3. The Balaban J connectivity index is 1.87. The number of carbonyl (C=O) groups excluding carboxylic acids is 1. The average Bonchev–Trinajstić information content (AvgIpc) is 2.76. The molecule has 0 radical (unpaired) electrons. The van der Waals surface area contributed by atoms with Gasteiger partial charge in [-0.15, -0.1) is 0 Å². The monoisotopic (exact) mass is 433 g/mol. The summed E-state index contributed by atoms with van der Waals surface area (Å²) in [6.45, 7) is 7.26. The molecule has 1 heterocycles. The third-order valence-corrected chi connectivity index (χ3v) is 4.58. The van der Waals surface area contributed by atoms with Crippen molar-refractivity contribution in [1.29, 1.82) is 0 Å². The lowest BCUT2D eigenvalue weighted by Gasteiger charge is -2.24. The molecule has 1 aromatic carbocycles. The Labute approximate surface area is 148 Å². The summed E-state index contributed by atoms with van der Waals surface area (Å²) in [6, 6.07) is 8.02. The Hall–Kier alpha value is -0.590. The summed E-state index contributed by atoms with van der Waals surface area (Å²) in [7, 11) is 0. The molecule has 4 nitrogen and oxygen atoms in total. The van der Waals surface area contributed by atoms with Crippen LogP contribution in [0.25, 0.3) is 0 Å². The predicted molar refractivity (Wildman–Crippen MR) is 93.2 cm³/mol. The first-order valence-electron chi connectivity index (χ1n) is 7.22. The van der Waals surface area contributed by atoms with E-state index >= 15 is 0 Å². The number of benzene rings is 1. The summed E-state index contributed by atoms with van der Waals surface area (Å²) in [4.78, 5) is 13.9. The van der Waals surface area contributed by atoms with Gasteiger partial charge < -0.3 is 14.4 Å². The van der Waals surface area contributed by atoms with Gasteiger partial charge in [0.05, 0.1) is 24.1 Å². The maximum atomic E-state index is 12.1. The van der Waals surface area contributed by atoms with E-state index in [4.69, 9.17) is 9.47 Å². The van der Waals surface area contributed by atoms with Gasteiger partial charge in [-0.05, 0) is 38.5 Å². The number of likely N-dealkylation sites (tertiary alicyclic amines) is 1. The molecule has 1 fully saturated rings. The molecule has 1 amide bonds. The summed E-state index contributed by atoms with van der Waals surface area (Å²) in [5, 5.41) is 0. The third-order valence-electron chi connectivity index (χ3n) is 3.20.